The molecule has 1 unspecified atom stereocenters. The number of halogens is 1. The minimum absolute atomic E-state index is 0. The quantitative estimate of drug-likeness (QED) is 0.212. The SMILES string of the molecule is CCNC(=NCCCc1nc2ccccc2s1)N1CCC(OCC2CCCCO2)CC1.I. The van der Waals surface area contributed by atoms with E-state index in [2.05, 4.69) is 41.4 Å². The lowest BCUT2D eigenvalue weighted by Gasteiger charge is -2.35. The fourth-order valence-electron chi connectivity index (χ4n) is 4.28. The Morgan fingerprint density at radius 1 is 1.25 bits per heavy atom. The maximum atomic E-state index is 6.17. The van der Waals surface area contributed by atoms with E-state index in [1.807, 2.05) is 0 Å². The predicted molar refractivity (Wildman–Crippen MR) is 143 cm³/mol. The van der Waals surface area contributed by atoms with Crippen LogP contribution in [0.3, 0.4) is 0 Å². The van der Waals surface area contributed by atoms with Crippen LogP contribution in [0.25, 0.3) is 10.2 Å². The van der Waals surface area contributed by atoms with Crippen molar-refractivity contribution in [3.8, 4) is 0 Å². The van der Waals surface area contributed by atoms with Crippen LogP contribution in [0.4, 0.5) is 0 Å². The van der Waals surface area contributed by atoms with Gasteiger partial charge in [-0.3, -0.25) is 4.99 Å². The average molecular weight is 573 g/mol. The Kier molecular flexibility index (Phi) is 11.0. The molecule has 3 heterocycles. The number of aliphatic imine (C=N–C) groups is 1. The maximum Gasteiger partial charge on any atom is 0.193 e. The first-order valence-electron chi connectivity index (χ1n) is 11.9. The molecule has 2 saturated heterocycles. The molecule has 178 valence electrons. The first-order chi connectivity index (χ1) is 15.3. The number of fused-ring (bicyclic) bond motifs is 1. The molecule has 0 amide bonds. The van der Waals surface area contributed by atoms with Crippen LogP contribution in [0, 0.1) is 0 Å². The summed E-state index contributed by atoms with van der Waals surface area (Å²) in [5, 5.41) is 4.68. The fourth-order valence-corrected chi connectivity index (χ4v) is 5.29. The summed E-state index contributed by atoms with van der Waals surface area (Å²) in [7, 11) is 0. The van der Waals surface area contributed by atoms with Crippen LogP contribution < -0.4 is 5.32 Å². The van der Waals surface area contributed by atoms with Crippen LogP contribution >= 0.6 is 35.3 Å². The molecule has 8 heteroatoms. The first-order valence-corrected chi connectivity index (χ1v) is 12.7. The zero-order valence-corrected chi connectivity index (χ0v) is 22.3. The second-order valence-electron chi connectivity index (χ2n) is 8.42. The molecular formula is C24H37IN4O2S. The predicted octanol–water partition coefficient (Wildman–Crippen LogP) is 4.86. The molecule has 2 aromatic rings. The molecule has 1 aromatic heterocycles. The lowest BCUT2D eigenvalue weighted by molar-refractivity contribution is -0.0721. The number of likely N-dealkylation sites (tertiary alicyclic amines) is 1. The van der Waals surface area contributed by atoms with Crippen molar-refractivity contribution < 1.29 is 9.47 Å². The van der Waals surface area contributed by atoms with Gasteiger partial charge in [0, 0.05) is 39.2 Å². The van der Waals surface area contributed by atoms with Crippen LogP contribution in [-0.2, 0) is 15.9 Å². The van der Waals surface area contributed by atoms with Crippen LogP contribution in [0.5, 0.6) is 0 Å². The standard InChI is InChI=1S/C24H36N4O2S.HI/c1-2-25-24(26-14-7-11-23-27-21-9-3-4-10-22(21)31-23)28-15-12-19(13-16-28)30-18-20-8-5-6-17-29-20;/h3-4,9-10,19-20H,2,5-8,11-18H2,1H3,(H,25,26);1H. The van der Waals surface area contributed by atoms with Crippen molar-refractivity contribution in [1.82, 2.24) is 15.2 Å². The van der Waals surface area contributed by atoms with Crippen molar-refractivity contribution in [1.29, 1.82) is 0 Å². The molecule has 0 bridgehead atoms. The smallest absolute Gasteiger partial charge is 0.193 e. The van der Waals surface area contributed by atoms with Gasteiger partial charge in [0.2, 0.25) is 0 Å². The summed E-state index contributed by atoms with van der Waals surface area (Å²) in [5.41, 5.74) is 1.11. The van der Waals surface area contributed by atoms with E-state index in [0.29, 0.717) is 12.2 Å². The minimum atomic E-state index is 0. The highest BCUT2D eigenvalue weighted by atomic mass is 127. The van der Waals surface area contributed by atoms with Crippen LogP contribution in [0.2, 0.25) is 0 Å². The Balaban J connectivity index is 0.00000289. The number of nitrogens with one attached hydrogen (secondary N) is 1. The summed E-state index contributed by atoms with van der Waals surface area (Å²) < 4.78 is 13.2. The Morgan fingerprint density at radius 2 is 2.09 bits per heavy atom. The molecule has 2 aliphatic heterocycles. The van der Waals surface area contributed by atoms with Gasteiger partial charge in [0.25, 0.3) is 0 Å². The van der Waals surface area contributed by atoms with E-state index in [4.69, 9.17) is 19.5 Å². The number of rotatable bonds is 8. The van der Waals surface area contributed by atoms with Crippen molar-refractivity contribution in [3.63, 3.8) is 0 Å². The van der Waals surface area contributed by atoms with Gasteiger partial charge < -0.3 is 19.7 Å². The van der Waals surface area contributed by atoms with Crippen molar-refractivity contribution >= 4 is 51.5 Å². The third-order valence-electron chi connectivity index (χ3n) is 6.02. The second-order valence-corrected chi connectivity index (χ2v) is 9.54. The fraction of sp³-hybridized carbons (Fsp3) is 0.667. The average Bonchev–Trinajstić information content (AvgIpc) is 3.24. The number of hydrogen-bond acceptors (Lipinski definition) is 5. The highest BCUT2D eigenvalue weighted by Crippen LogP contribution is 2.22. The molecule has 4 rings (SSSR count). The number of benzene rings is 1. The van der Waals surface area contributed by atoms with E-state index in [1.54, 1.807) is 11.3 Å². The van der Waals surface area contributed by atoms with Gasteiger partial charge in [-0.15, -0.1) is 35.3 Å². The van der Waals surface area contributed by atoms with Crippen molar-refractivity contribution in [2.75, 3.05) is 39.4 Å². The molecule has 0 aliphatic carbocycles. The zero-order valence-electron chi connectivity index (χ0n) is 19.1. The minimum Gasteiger partial charge on any atom is -0.376 e. The summed E-state index contributed by atoms with van der Waals surface area (Å²) in [5.74, 6) is 1.04. The second kappa shape index (κ2) is 13.7. The van der Waals surface area contributed by atoms with Gasteiger partial charge >= 0.3 is 0 Å². The van der Waals surface area contributed by atoms with E-state index in [1.165, 1.54) is 22.5 Å². The molecule has 0 radical (unpaired) electrons. The van der Waals surface area contributed by atoms with Gasteiger partial charge in [-0.05, 0) is 57.6 Å². The summed E-state index contributed by atoms with van der Waals surface area (Å²) in [6.07, 6.45) is 8.40. The maximum absolute atomic E-state index is 6.17. The summed E-state index contributed by atoms with van der Waals surface area (Å²) in [6, 6.07) is 8.37. The van der Waals surface area contributed by atoms with E-state index >= 15 is 0 Å². The Labute approximate surface area is 213 Å². The van der Waals surface area contributed by atoms with Gasteiger partial charge in [0.05, 0.1) is 34.0 Å². The number of aromatic nitrogens is 1. The monoisotopic (exact) mass is 572 g/mol. The van der Waals surface area contributed by atoms with Gasteiger partial charge in [-0.2, -0.15) is 0 Å². The highest BCUT2D eigenvalue weighted by Gasteiger charge is 2.23. The largest absolute Gasteiger partial charge is 0.376 e. The molecule has 1 atom stereocenters. The number of nitrogens with zero attached hydrogens (tertiary/aromatic N) is 3. The van der Waals surface area contributed by atoms with Crippen molar-refractivity contribution in [3.05, 3.63) is 29.3 Å². The number of hydrogen-bond donors (Lipinski definition) is 1. The zero-order chi connectivity index (χ0) is 21.3. The lowest BCUT2D eigenvalue weighted by atomic mass is 10.1. The molecule has 2 fully saturated rings. The van der Waals surface area contributed by atoms with Crippen LogP contribution in [-0.4, -0.2) is 67.4 Å². The molecule has 2 aliphatic rings. The van der Waals surface area contributed by atoms with Gasteiger partial charge in [-0.25, -0.2) is 4.98 Å². The van der Waals surface area contributed by atoms with Crippen molar-refractivity contribution in [2.24, 2.45) is 4.99 Å². The molecule has 6 nitrogen and oxygen atoms in total. The molecule has 0 spiro atoms. The van der Waals surface area contributed by atoms with Crippen molar-refractivity contribution in [2.45, 2.75) is 64.1 Å². The van der Waals surface area contributed by atoms with Crippen LogP contribution in [0.15, 0.2) is 29.3 Å². The molecule has 1 aromatic carbocycles. The van der Waals surface area contributed by atoms with E-state index < -0.39 is 0 Å². The number of guanidine groups is 1. The summed E-state index contributed by atoms with van der Waals surface area (Å²) in [6.45, 7) is 7.51. The van der Waals surface area contributed by atoms with Crippen LogP contribution in [0.1, 0.15) is 50.5 Å². The third kappa shape index (κ3) is 7.53. The number of para-hydroxylation sites is 1. The normalized spacial score (nSPS) is 20.3. The Morgan fingerprint density at radius 3 is 2.84 bits per heavy atom. The van der Waals surface area contributed by atoms with E-state index in [0.717, 1.165) is 83.0 Å². The molecule has 1 N–H and O–H groups in total. The van der Waals surface area contributed by atoms with E-state index in [9.17, 15) is 0 Å². The van der Waals surface area contributed by atoms with Gasteiger partial charge in [0.1, 0.15) is 0 Å². The van der Waals surface area contributed by atoms with E-state index in [-0.39, 0.29) is 24.0 Å². The number of piperidine rings is 1. The summed E-state index contributed by atoms with van der Waals surface area (Å²) >= 11 is 1.80. The number of aryl methyl sites for hydroxylation is 1. The topological polar surface area (TPSA) is 59.0 Å². The summed E-state index contributed by atoms with van der Waals surface area (Å²) in [4.78, 5) is 12.0. The number of ether oxygens (including phenoxy) is 2. The first kappa shape index (κ1) is 25.6. The molecular weight excluding hydrogens is 535 g/mol. The highest BCUT2D eigenvalue weighted by molar-refractivity contribution is 14.0. The Hall–Kier alpha value is -0.970. The number of thiazole rings is 1. The Bertz CT molecular complexity index is 799. The van der Waals surface area contributed by atoms with Gasteiger partial charge in [-0.1, -0.05) is 12.1 Å². The third-order valence-corrected chi connectivity index (χ3v) is 7.11. The molecule has 0 saturated carbocycles. The lowest BCUT2D eigenvalue weighted by Crippen LogP contribution is -2.47. The molecule has 32 heavy (non-hydrogen) atoms. The van der Waals surface area contributed by atoms with Gasteiger partial charge in [0.15, 0.2) is 5.96 Å².